The van der Waals surface area contributed by atoms with Gasteiger partial charge in [0.15, 0.2) is 0 Å². The molecule has 3 aliphatic carbocycles. The van der Waals surface area contributed by atoms with E-state index in [0.717, 1.165) is 12.0 Å². The van der Waals surface area contributed by atoms with Gasteiger partial charge in [-0.1, -0.05) is 43.7 Å². The predicted molar refractivity (Wildman–Crippen MR) is 122 cm³/mol. The van der Waals surface area contributed by atoms with Crippen LogP contribution in [0.4, 0.5) is 0 Å². The van der Waals surface area contributed by atoms with Crippen LogP contribution in [0.2, 0.25) is 0 Å². The third-order valence-corrected chi connectivity index (χ3v) is 7.78. The smallest absolute Gasteiger partial charge is 0.404 e. The number of nitrogens with two attached hydrogens (primary N) is 1. The molecule has 0 aromatic heterocycles. The summed E-state index contributed by atoms with van der Waals surface area (Å²) in [4.78, 5) is 12.7. The molecule has 4 aliphatic rings. The molecule has 4 fully saturated rings. The van der Waals surface area contributed by atoms with Crippen LogP contribution in [0.25, 0.3) is 0 Å². The van der Waals surface area contributed by atoms with E-state index in [1.807, 2.05) is 0 Å². The molecule has 0 spiro atoms. The van der Waals surface area contributed by atoms with Gasteiger partial charge in [-0.2, -0.15) is 0 Å². The minimum atomic E-state index is -0.954. The lowest BCUT2D eigenvalue weighted by molar-refractivity contribution is -0.199. The summed E-state index contributed by atoms with van der Waals surface area (Å²) in [5.41, 5.74) is 7.45. The number of carbonyl (C=O) groups excluding carboxylic acids is 1. The standard InChI is InChI=1S/C23H35BN2O3.ClH/c1-14-7-9-15(10-8-14)11-19(26-20(27)22(4,5)25)24-28-18-13-16-12-17(21(16,2)3)23(18,6)29-24;/h7-10,16-19H,11-13,25H2,1-6H3,(H,26,27);1H/t16-,17-,18+,19-,23-;/m0./s1. The van der Waals surface area contributed by atoms with Crippen molar-refractivity contribution in [1.82, 2.24) is 5.32 Å². The van der Waals surface area contributed by atoms with Gasteiger partial charge in [0.05, 0.1) is 23.2 Å². The molecule has 5 rings (SSSR count). The molecule has 3 N–H and O–H groups in total. The van der Waals surface area contributed by atoms with Gasteiger partial charge in [-0.05, 0) is 69.8 Å². The van der Waals surface area contributed by atoms with E-state index in [0.29, 0.717) is 23.7 Å². The lowest BCUT2D eigenvalue weighted by Gasteiger charge is -2.64. The Morgan fingerprint density at radius 1 is 1.27 bits per heavy atom. The monoisotopic (exact) mass is 434 g/mol. The fraction of sp³-hybridized carbons (Fsp3) is 0.696. The predicted octanol–water partition coefficient (Wildman–Crippen LogP) is 3.45. The van der Waals surface area contributed by atoms with E-state index >= 15 is 0 Å². The SMILES string of the molecule is Cc1ccc(C[C@H](NC(=O)C(C)(C)N)B2O[C@@H]3C[C@@H]4C[C@@H](C4(C)C)[C@]3(C)O2)cc1.Cl. The van der Waals surface area contributed by atoms with Crippen molar-refractivity contribution < 1.29 is 14.1 Å². The second-order valence-electron chi connectivity index (χ2n) is 10.8. The van der Waals surface area contributed by atoms with E-state index in [4.69, 9.17) is 15.0 Å². The minimum Gasteiger partial charge on any atom is -0.404 e. The summed E-state index contributed by atoms with van der Waals surface area (Å²) in [5.74, 6) is 0.716. The molecular weight excluding hydrogens is 399 g/mol. The highest BCUT2D eigenvalue weighted by molar-refractivity contribution is 6.48. The molecule has 1 aromatic carbocycles. The molecule has 5 atom stereocenters. The van der Waals surface area contributed by atoms with Crippen molar-refractivity contribution in [2.45, 2.75) is 84.0 Å². The molecule has 0 unspecified atom stereocenters. The maximum atomic E-state index is 12.7. The summed E-state index contributed by atoms with van der Waals surface area (Å²) in [5, 5.41) is 3.12. The van der Waals surface area contributed by atoms with Gasteiger partial charge in [0.2, 0.25) is 5.91 Å². The summed E-state index contributed by atoms with van der Waals surface area (Å²) in [6.45, 7) is 12.4. The fourth-order valence-corrected chi connectivity index (χ4v) is 5.62. The Hall–Kier alpha value is -1.08. The summed E-state index contributed by atoms with van der Waals surface area (Å²) in [6.07, 6.45) is 2.98. The molecular formula is C23H36BClN2O3. The zero-order chi connectivity index (χ0) is 21.2. The number of rotatable bonds is 5. The zero-order valence-corrected chi connectivity index (χ0v) is 19.8. The van der Waals surface area contributed by atoms with Crippen molar-refractivity contribution >= 4 is 25.4 Å². The van der Waals surface area contributed by atoms with Crippen LogP contribution in [0.3, 0.4) is 0 Å². The van der Waals surface area contributed by atoms with Gasteiger partial charge in [-0.3, -0.25) is 4.79 Å². The largest absolute Gasteiger partial charge is 0.482 e. The average Bonchev–Trinajstić information content (AvgIpc) is 2.98. The van der Waals surface area contributed by atoms with Gasteiger partial charge in [-0.15, -0.1) is 12.4 Å². The summed E-state index contributed by atoms with van der Waals surface area (Å²) in [7, 11) is -0.465. The van der Waals surface area contributed by atoms with Gasteiger partial charge in [0, 0.05) is 0 Å². The summed E-state index contributed by atoms with van der Waals surface area (Å²) >= 11 is 0. The number of amides is 1. The van der Waals surface area contributed by atoms with Crippen molar-refractivity contribution in [2.75, 3.05) is 0 Å². The van der Waals surface area contributed by atoms with Crippen LogP contribution in [0.15, 0.2) is 24.3 Å². The minimum absolute atomic E-state index is 0. The van der Waals surface area contributed by atoms with Gasteiger partial charge in [0.25, 0.3) is 0 Å². The Kier molecular flexibility index (Phi) is 6.14. The molecule has 1 aromatic rings. The van der Waals surface area contributed by atoms with E-state index in [9.17, 15) is 4.79 Å². The van der Waals surface area contributed by atoms with E-state index in [2.05, 4.69) is 57.3 Å². The Labute approximate surface area is 187 Å². The third kappa shape index (κ3) is 3.92. The molecule has 1 amide bonds. The molecule has 1 aliphatic heterocycles. The number of halogens is 1. The first-order chi connectivity index (χ1) is 13.4. The second kappa shape index (κ2) is 7.81. The number of hydrogen-bond donors (Lipinski definition) is 2. The van der Waals surface area contributed by atoms with E-state index in [-0.39, 0.29) is 36.0 Å². The van der Waals surface area contributed by atoms with E-state index < -0.39 is 12.7 Å². The van der Waals surface area contributed by atoms with Gasteiger partial charge < -0.3 is 20.4 Å². The normalized spacial score (nSPS) is 32.5. The summed E-state index contributed by atoms with van der Waals surface area (Å²) in [6, 6.07) is 8.39. The second-order valence-corrected chi connectivity index (χ2v) is 10.8. The Bertz CT molecular complexity index is 795. The highest BCUT2D eigenvalue weighted by atomic mass is 35.5. The first-order valence-corrected chi connectivity index (χ1v) is 10.9. The van der Waals surface area contributed by atoms with E-state index in [1.54, 1.807) is 13.8 Å². The number of carbonyl (C=O) groups is 1. The van der Waals surface area contributed by atoms with Crippen molar-refractivity contribution in [3.05, 3.63) is 35.4 Å². The van der Waals surface area contributed by atoms with Gasteiger partial charge in [0.1, 0.15) is 0 Å². The zero-order valence-electron chi connectivity index (χ0n) is 19.0. The lowest BCUT2D eigenvalue weighted by Crippen LogP contribution is -2.65. The number of hydrogen-bond acceptors (Lipinski definition) is 4. The fourth-order valence-electron chi connectivity index (χ4n) is 5.62. The van der Waals surface area contributed by atoms with Crippen molar-refractivity contribution in [3.8, 4) is 0 Å². The van der Waals surface area contributed by atoms with Gasteiger partial charge >= 0.3 is 7.12 Å². The van der Waals surface area contributed by atoms with Crippen LogP contribution in [0.1, 0.15) is 58.6 Å². The first-order valence-electron chi connectivity index (χ1n) is 10.9. The molecule has 5 nitrogen and oxygen atoms in total. The quantitative estimate of drug-likeness (QED) is 0.696. The van der Waals surface area contributed by atoms with Crippen molar-refractivity contribution in [1.29, 1.82) is 0 Å². The molecule has 166 valence electrons. The molecule has 1 heterocycles. The van der Waals surface area contributed by atoms with Crippen LogP contribution in [-0.4, -0.2) is 36.2 Å². The number of nitrogens with one attached hydrogen (secondary N) is 1. The van der Waals surface area contributed by atoms with Crippen molar-refractivity contribution in [3.63, 3.8) is 0 Å². The number of aryl methyl sites for hydroxylation is 1. The first kappa shape index (κ1) is 23.6. The Morgan fingerprint density at radius 2 is 1.90 bits per heavy atom. The maximum Gasteiger partial charge on any atom is 0.482 e. The van der Waals surface area contributed by atoms with Crippen LogP contribution in [0.5, 0.6) is 0 Å². The highest BCUT2D eigenvalue weighted by Crippen LogP contribution is 2.65. The molecule has 0 radical (unpaired) electrons. The van der Waals surface area contributed by atoms with E-state index in [1.165, 1.54) is 12.0 Å². The maximum absolute atomic E-state index is 12.7. The van der Waals surface area contributed by atoms with Crippen molar-refractivity contribution in [2.24, 2.45) is 23.0 Å². The van der Waals surface area contributed by atoms with Crippen LogP contribution < -0.4 is 11.1 Å². The molecule has 3 saturated carbocycles. The lowest BCUT2D eigenvalue weighted by atomic mass is 9.43. The topological polar surface area (TPSA) is 73.6 Å². The van der Waals surface area contributed by atoms with Crippen LogP contribution in [0, 0.1) is 24.2 Å². The van der Waals surface area contributed by atoms with Crippen LogP contribution >= 0.6 is 12.4 Å². The van der Waals surface area contributed by atoms with Gasteiger partial charge in [-0.25, -0.2) is 0 Å². The Balaban J connectivity index is 0.00000256. The molecule has 1 saturated heterocycles. The highest BCUT2D eigenvalue weighted by Gasteiger charge is 2.68. The molecule has 7 heteroatoms. The summed E-state index contributed by atoms with van der Waals surface area (Å²) < 4.78 is 13.1. The molecule has 2 bridgehead atoms. The molecule has 30 heavy (non-hydrogen) atoms. The van der Waals surface area contributed by atoms with Crippen LogP contribution in [-0.2, 0) is 20.5 Å². The number of benzene rings is 1. The average molecular weight is 435 g/mol. The Morgan fingerprint density at radius 3 is 2.47 bits per heavy atom. The third-order valence-electron chi connectivity index (χ3n) is 7.78.